The number of anilines is 1. The molecule has 4 nitrogen and oxygen atoms in total. The van der Waals surface area contributed by atoms with Gasteiger partial charge in [0.05, 0.1) is 11.3 Å². The maximum absolute atomic E-state index is 12.0. The van der Waals surface area contributed by atoms with E-state index in [-0.39, 0.29) is 5.91 Å². The number of aryl methyl sites for hydroxylation is 1. The van der Waals surface area contributed by atoms with Gasteiger partial charge in [-0.3, -0.25) is 9.78 Å². The lowest BCUT2D eigenvalue weighted by Crippen LogP contribution is -2.26. The summed E-state index contributed by atoms with van der Waals surface area (Å²) in [6, 6.07) is 1.91. The van der Waals surface area contributed by atoms with Gasteiger partial charge in [-0.1, -0.05) is 0 Å². The molecule has 0 aromatic carbocycles. The van der Waals surface area contributed by atoms with Crippen molar-refractivity contribution in [1.82, 2.24) is 10.3 Å². The van der Waals surface area contributed by atoms with E-state index in [1.54, 1.807) is 6.20 Å². The van der Waals surface area contributed by atoms with Crippen molar-refractivity contribution in [3.05, 3.63) is 23.5 Å². The number of aromatic nitrogens is 1. The molecule has 0 atom stereocenters. The van der Waals surface area contributed by atoms with E-state index in [9.17, 15) is 4.79 Å². The molecule has 1 heterocycles. The van der Waals surface area contributed by atoms with Gasteiger partial charge in [-0.25, -0.2) is 0 Å². The van der Waals surface area contributed by atoms with Gasteiger partial charge in [0.2, 0.25) is 0 Å². The first-order chi connectivity index (χ1) is 8.20. The highest BCUT2D eigenvalue weighted by atomic mass is 16.1. The lowest BCUT2D eigenvalue weighted by molar-refractivity contribution is 0.0952. The van der Waals surface area contributed by atoms with Gasteiger partial charge in [-0.05, 0) is 38.7 Å². The van der Waals surface area contributed by atoms with Crippen molar-refractivity contribution in [2.75, 3.05) is 18.4 Å². The molecule has 17 heavy (non-hydrogen) atoms. The van der Waals surface area contributed by atoms with E-state index in [1.807, 2.05) is 19.9 Å². The van der Waals surface area contributed by atoms with Crippen molar-refractivity contribution in [2.45, 2.75) is 26.7 Å². The number of amides is 1. The van der Waals surface area contributed by atoms with Crippen LogP contribution >= 0.6 is 0 Å². The number of carbonyl (C=O) groups excluding carboxylic acids is 1. The molecular weight excluding hydrogens is 214 g/mol. The molecule has 2 N–H and O–H groups in total. The second-order valence-electron chi connectivity index (χ2n) is 4.55. The van der Waals surface area contributed by atoms with E-state index in [2.05, 4.69) is 15.6 Å². The number of nitrogens with zero attached hydrogens (tertiary/aromatic N) is 1. The molecule has 92 valence electrons. The molecule has 1 aromatic heterocycles. The summed E-state index contributed by atoms with van der Waals surface area (Å²) in [6.45, 7) is 5.53. The third-order valence-electron chi connectivity index (χ3n) is 2.90. The zero-order valence-electron chi connectivity index (χ0n) is 10.4. The van der Waals surface area contributed by atoms with E-state index in [1.165, 1.54) is 12.8 Å². The number of hydrogen-bond acceptors (Lipinski definition) is 3. The van der Waals surface area contributed by atoms with E-state index < -0.39 is 0 Å². The first kappa shape index (κ1) is 11.9. The van der Waals surface area contributed by atoms with Crippen molar-refractivity contribution in [1.29, 1.82) is 0 Å². The molecule has 0 unspecified atom stereocenters. The Morgan fingerprint density at radius 2 is 2.29 bits per heavy atom. The van der Waals surface area contributed by atoms with Crippen molar-refractivity contribution >= 4 is 11.6 Å². The summed E-state index contributed by atoms with van der Waals surface area (Å²) in [7, 11) is 0. The number of rotatable bonds is 5. The molecule has 0 spiro atoms. The van der Waals surface area contributed by atoms with Crippen LogP contribution in [0.5, 0.6) is 0 Å². The summed E-state index contributed by atoms with van der Waals surface area (Å²) < 4.78 is 0. The van der Waals surface area contributed by atoms with Crippen LogP contribution in [0.4, 0.5) is 5.69 Å². The third kappa shape index (κ3) is 3.19. The largest absolute Gasteiger partial charge is 0.385 e. The Morgan fingerprint density at radius 3 is 2.94 bits per heavy atom. The first-order valence-electron chi connectivity index (χ1n) is 6.19. The van der Waals surface area contributed by atoms with E-state index in [0.29, 0.717) is 11.5 Å². The van der Waals surface area contributed by atoms with Crippen molar-refractivity contribution < 1.29 is 4.79 Å². The van der Waals surface area contributed by atoms with Crippen LogP contribution in [-0.2, 0) is 0 Å². The van der Waals surface area contributed by atoms with E-state index in [0.717, 1.165) is 24.5 Å². The minimum atomic E-state index is -0.0275. The van der Waals surface area contributed by atoms with Crippen LogP contribution in [0.25, 0.3) is 0 Å². The standard InChI is InChI=1S/C13H19N3O/c1-3-14-12-6-9(2)15-8-11(12)13(17)16-7-10-4-5-10/h6,8,10H,3-5,7H2,1-2H3,(H,14,15)(H,16,17). The number of pyridine rings is 1. The van der Waals surface area contributed by atoms with Crippen LogP contribution < -0.4 is 10.6 Å². The van der Waals surface area contributed by atoms with Gasteiger partial charge in [-0.15, -0.1) is 0 Å². The van der Waals surface area contributed by atoms with Crippen molar-refractivity contribution in [3.63, 3.8) is 0 Å². The Balaban J connectivity index is 2.08. The highest BCUT2D eigenvalue weighted by Gasteiger charge is 2.22. The average Bonchev–Trinajstić information content (AvgIpc) is 3.10. The summed E-state index contributed by atoms with van der Waals surface area (Å²) in [5, 5.41) is 6.16. The second kappa shape index (κ2) is 5.17. The topological polar surface area (TPSA) is 54.0 Å². The Hall–Kier alpha value is -1.58. The van der Waals surface area contributed by atoms with E-state index in [4.69, 9.17) is 0 Å². The van der Waals surface area contributed by atoms with Crippen LogP contribution in [0.15, 0.2) is 12.3 Å². The fourth-order valence-corrected chi connectivity index (χ4v) is 1.73. The molecule has 4 heteroatoms. The summed E-state index contributed by atoms with van der Waals surface area (Å²) in [5.41, 5.74) is 2.42. The van der Waals surface area contributed by atoms with Crippen LogP contribution in [-0.4, -0.2) is 24.0 Å². The third-order valence-corrected chi connectivity index (χ3v) is 2.90. The van der Waals surface area contributed by atoms with Crippen molar-refractivity contribution in [3.8, 4) is 0 Å². The highest BCUT2D eigenvalue weighted by Crippen LogP contribution is 2.27. The van der Waals surface area contributed by atoms with E-state index >= 15 is 0 Å². The smallest absolute Gasteiger partial charge is 0.254 e. The van der Waals surface area contributed by atoms with Crippen LogP contribution in [0.1, 0.15) is 35.8 Å². The van der Waals surface area contributed by atoms with Gasteiger partial charge in [-0.2, -0.15) is 0 Å². The predicted octanol–water partition coefficient (Wildman–Crippen LogP) is 1.96. The molecule has 1 amide bonds. The molecule has 0 bridgehead atoms. The normalized spacial score (nSPS) is 14.5. The van der Waals surface area contributed by atoms with Crippen LogP contribution in [0.3, 0.4) is 0 Å². The van der Waals surface area contributed by atoms with Gasteiger partial charge in [0.15, 0.2) is 0 Å². The van der Waals surface area contributed by atoms with Gasteiger partial charge in [0.25, 0.3) is 5.91 Å². The lowest BCUT2D eigenvalue weighted by Gasteiger charge is -2.11. The molecule has 1 aromatic rings. The molecule has 1 aliphatic rings. The molecule has 0 radical (unpaired) electrons. The summed E-state index contributed by atoms with van der Waals surface area (Å²) in [5.74, 6) is 0.667. The minimum absolute atomic E-state index is 0.0275. The molecular formula is C13H19N3O. The van der Waals surface area contributed by atoms with Gasteiger partial charge in [0, 0.05) is 25.0 Å². The Kier molecular flexibility index (Phi) is 3.61. The summed E-state index contributed by atoms with van der Waals surface area (Å²) in [4.78, 5) is 16.2. The monoisotopic (exact) mass is 233 g/mol. The molecule has 0 saturated heterocycles. The Bertz CT molecular complexity index is 413. The second-order valence-corrected chi connectivity index (χ2v) is 4.55. The molecule has 1 saturated carbocycles. The fraction of sp³-hybridized carbons (Fsp3) is 0.538. The highest BCUT2D eigenvalue weighted by molar-refractivity contribution is 5.99. The zero-order valence-corrected chi connectivity index (χ0v) is 10.4. The zero-order chi connectivity index (χ0) is 12.3. The minimum Gasteiger partial charge on any atom is -0.385 e. The Labute approximate surface area is 102 Å². The van der Waals surface area contributed by atoms with Crippen LogP contribution in [0.2, 0.25) is 0 Å². The van der Waals surface area contributed by atoms with Gasteiger partial charge < -0.3 is 10.6 Å². The number of carbonyl (C=O) groups is 1. The van der Waals surface area contributed by atoms with Crippen molar-refractivity contribution in [2.24, 2.45) is 5.92 Å². The van der Waals surface area contributed by atoms with Gasteiger partial charge >= 0.3 is 0 Å². The SMILES string of the molecule is CCNc1cc(C)ncc1C(=O)NCC1CC1. The maximum atomic E-state index is 12.0. The number of hydrogen-bond donors (Lipinski definition) is 2. The summed E-state index contributed by atoms with van der Waals surface area (Å²) >= 11 is 0. The van der Waals surface area contributed by atoms with Gasteiger partial charge in [0.1, 0.15) is 0 Å². The fourth-order valence-electron chi connectivity index (χ4n) is 1.73. The quantitative estimate of drug-likeness (QED) is 0.817. The molecule has 1 fully saturated rings. The first-order valence-corrected chi connectivity index (χ1v) is 6.19. The predicted molar refractivity (Wildman–Crippen MR) is 68.2 cm³/mol. The van der Waals surface area contributed by atoms with Crippen LogP contribution in [0, 0.1) is 12.8 Å². The Morgan fingerprint density at radius 1 is 1.53 bits per heavy atom. The molecule has 2 rings (SSSR count). The lowest BCUT2D eigenvalue weighted by atomic mass is 10.2. The number of nitrogens with one attached hydrogen (secondary N) is 2. The molecule has 0 aliphatic heterocycles. The molecule has 1 aliphatic carbocycles. The average molecular weight is 233 g/mol. The summed E-state index contributed by atoms with van der Waals surface area (Å²) in [6.07, 6.45) is 4.13. The maximum Gasteiger partial charge on any atom is 0.254 e.